The zero-order valence-corrected chi connectivity index (χ0v) is 21.0. The molecule has 3 aliphatic rings. The third-order valence-corrected chi connectivity index (χ3v) is 9.08. The van der Waals surface area contributed by atoms with E-state index in [0.29, 0.717) is 0 Å². The van der Waals surface area contributed by atoms with Gasteiger partial charge in [-0.15, -0.1) is 0 Å². The molecule has 0 fully saturated rings. The summed E-state index contributed by atoms with van der Waals surface area (Å²) in [5, 5.41) is 11.0. The van der Waals surface area contributed by atoms with Gasteiger partial charge in [-0.05, 0) is 72.9 Å². The van der Waals surface area contributed by atoms with Gasteiger partial charge in [0.1, 0.15) is 18.2 Å². The summed E-state index contributed by atoms with van der Waals surface area (Å²) in [5.41, 5.74) is 8.40. The minimum Gasteiger partial charge on any atom is -0.301 e. The highest BCUT2D eigenvalue weighted by atomic mass is 35.5. The second-order valence-electron chi connectivity index (χ2n) is 9.04. The number of halogens is 3. The Morgan fingerprint density at radius 1 is 1.22 bits per heavy atom. The van der Waals surface area contributed by atoms with E-state index in [1.807, 2.05) is 17.3 Å². The third-order valence-electron chi connectivity index (χ3n) is 6.99. The summed E-state index contributed by atoms with van der Waals surface area (Å²) < 4.78 is 54.8. The molecule has 10 heteroatoms. The molecule has 0 bridgehead atoms. The third kappa shape index (κ3) is 4.19. The molecule has 0 radical (unpaired) electrons. The lowest BCUT2D eigenvalue weighted by atomic mass is 9.80. The second-order valence-corrected chi connectivity index (χ2v) is 11.4. The molecule has 5 rings (SSSR count). The first-order valence-corrected chi connectivity index (χ1v) is 13.3. The number of hydrogen-bond donors (Lipinski definition) is 1. The van der Waals surface area contributed by atoms with E-state index in [4.69, 9.17) is 11.6 Å². The molecule has 1 heterocycles. The number of hydrogen-bond acceptors (Lipinski definition) is 5. The minimum absolute atomic E-state index is 0.0253. The van der Waals surface area contributed by atoms with Gasteiger partial charge in [0.05, 0.1) is 27.4 Å². The van der Waals surface area contributed by atoms with Crippen molar-refractivity contribution in [3.05, 3.63) is 93.8 Å². The highest BCUT2D eigenvalue weighted by molar-refractivity contribution is 7.89. The molecule has 186 valence electrons. The maximum atomic E-state index is 13.6. The van der Waals surface area contributed by atoms with Gasteiger partial charge in [0.2, 0.25) is 10.0 Å². The number of nitrogens with zero attached hydrogens (tertiary/aromatic N) is 3. The van der Waals surface area contributed by atoms with E-state index in [1.165, 1.54) is 12.1 Å². The average Bonchev–Trinajstić information content (AvgIpc) is 3.46. The number of fused-ring (bicyclic) bond motifs is 1. The molecule has 2 aliphatic carbocycles. The highest BCUT2D eigenvalue weighted by Gasteiger charge is 2.40. The fourth-order valence-electron chi connectivity index (χ4n) is 5.26. The van der Waals surface area contributed by atoms with Crippen molar-refractivity contribution in [3.63, 3.8) is 0 Å². The van der Waals surface area contributed by atoms with Crippen LogP contribution in [0.25, 0.3) is 0 Å². The Bertz CT molecular complexity index is 1460. The SMILES string of the molecule is C[C@H]1C2=CNN(c3ccc(F)cc3)C2=CC2=C1[C@@H](CN(CC#N)S(=O)(=O)c1ccc(F)c(Cl)c1)CC2. The summed E-state index contributed by atoms with van der Waals surface area (Å²) in [7, 11) is -4.06. The molecule has 0 saturated carbocycles. The Balaban J connectivity index is 1.44. The number of anilines is 1. The first-order valence-electron chi connectivity index (χ1n) is 11.5. The van der Waals surface area contributed by atoms with Gasteiger partial charge in [-0.2, -0.15) is 9.57 Å². The molecule has 0 unspecified atom stereocenters. The zero-order valence-electron chi connectivity index (χ0n) is 19.4. The maximum Gasteiger partial charge on any atom is 0.244 e. The molecular weight excluding hydrogens is 506 g/mol. The van der Waals surface area contributed by atoms with Crippen molar-refractivity contribution in [1.29, 1.82) is 5.26 Å². The highest BCUT2D eigenvalue weighted by Crippen LogP contribution is 2.48. The van der Waals surface area contributed by atoms with E-state index in [1.54, 1.807) is 12.1 Å². The van der Waals surface area contributed by atoms with Crippen molar-refractivity contribution < 1.29 is 17.2 Å². The average molecular weight is 529 g/mol. The van der Waals surface area contributed by atoms with Crippen molar-refractivity contribution in [2.24, 2.45) is 11.8 Å². The Hall–Kier alpha value is -3.19. The molecule has 6 nitrogen and oxygen atoms in total. The van der Waals surface area contributed by atoms with Crippen LogP contribution in [0.15, 0.2) is 82.1 Å². The van der Waals surface area contributed by atoms with Crippen molar-refractivity contribution in [1.82, 2.24) is 9.73 Å². The Morgan fingerprint density at radius 3 is 2.67 bits per heavy atom. The van der Waals surface area contributed by atoms with Gasteiger partial charge < -0.3 is 5.43 Å². The van der Waals surface area contributed by atoms with E-state index in [2.05, 4.69) is 18.4 Å². The Morgan fingerprint density at radius 2 is 1.97 bits per heavy atom. The number of sulfonamides is 1. The summed E-state index contributed by atoms with van der Waals surface area (Å²) >= 11 is 5.83. The Kier molecular flexibility index (Phi) is 6.37. The summed E-state index contributed by atoms with van der Waals surface area (Å²) in [6.45, 7) is 1.90. The van der Waals surface area contributed by atoms with E-state index >= 15 is 0 Å². The van der Waals surface area contributed by atoms with Crippen LogP contribution in [0.3, 0.4) is 0 Å². The van der Waals surface area contributed by atoms with Crippen LogP contribution >= 0.6 is 11.6 Å². The molecule has 0 aromatic heterocycles. The van der Waals surface area contributed by atoms with Crippen molar-refractivity contribution in [3.8, 4) is 6.07 Å². The lowest BCUT2D eigenvalue weighted by Crippen LogP contribution is -2.36. The summed E-state index contributed by atoms with van der Waals surface area (Å²) in [5.74, 6) is -1.06. The van der Waals surface area contributed by atoms with E-state index in [0.717, 1.165) is 63.4 Å². The summed E-state index contributed by atoms with van der Waals surface area (Å²) in [6, 6.07) is 11.4. The lowest BCUT2D eigenvalue weighted by molar-refractivity contribution is 0.380. The van der Waals surface area contributed by atoms with E-state index in [-0.39, 0.29) is 40.7 Å². The zero-order chi connectivity index (χ0) is 25.6. The molecule has 36 heavy (non-hydrogen) atoms. The minimum atomic E-state index is -4.06. The number of nitriles is 1. The number of hydrazine groups is 1. The van der Waals surface area contributed by atoms with E-state index < -0.39 is 15.8 Å². The van der Waals surface area contributed by atoms with Gasteiger partial charge in [-0.3, -0.25) is 5.01 Å². The van der Waals surface area contributed by atoms with E-state index in [9.17, 15) is 22.5 Å². The first kappa shape index (κ1) is 24.5. The standard InChI is InChI=1S/C26H23ClF2N4O2S/c1-16-22-14-31-33(20-6-4-19(28)5-7-20)25(22)12-17-2-3-18(26(16)17)15-32(11-10-30)36(34,35)21-8-9-24(29)23(27)13-21/h4-9,12-14,16,18,31H,2-3,11,15H2,1H3/t16-,18+/m0/s1. The summed E-state index contributed by atoms with van der Waals surface area (Å²) in [4.78, 5) is -0.145. The molecule has 2 atom stereocenters. The summed E-state index contributed by atoms with van der Waals surface area (Å²) in [6.07, 6.45) is 5.55. The fraction of sp³-hybridized carbons (Fsp3) is 0.269. The maximum absolute atomic E-state index is 13.6. The molecular formula is C26H23ClF2N4O2S. The van der Waals surface area contributed by atoms with Crippen LogP contribution in [0, 0.1) is 34.8 Å². The molecule has 1 N–H and O–H groups in total. The predicted octanol–water partition coefficient (Wildman–Crippen LogP) is 5.28. The Labute approximate surface area is 213 Å². The molecule has 2 aromatic rings. The van der Waals surface area contributed by atoms with Crippen molar-refractivity contribution in [2.45, 2.75) is 24.7 Å². The van der Waals surface area contributed by atoms with Crippen molar-refractivity contribution >= 4 is 27.3 Å². The largest absolute Gasteiger partial charge is 0.301 e. The first-order chi connectivity index (χ1) is 17.2. The lowest BCUT2D eigenvalue weighted by Gasteiger charge is -2.31. The van der Waals surface area contributed by atoms with Gasteiger partial charge in [-0.25, -0.2) is 17.2 Å². The second kappa shape index (κ2) is 9.36. The molecule has 0 saturated heterocycles. The van der Waals surface area contributed by atoms with Crippen LogP contribution in [0.5, 0.6) is 0 Å². The number of benzene rings is 2. The molecule has 0 spiro atoms. The molecule has 0 amide bonds. The smallest absolute Gasteiger partial charge is 0.244 e. The predicted molar refractivity (Wildman–Crippen MR) is 133 cm³/mol. The quantitative estimate of drug-likeness (QED) is 0.516. The van der Waals surface area contributed by atoms with Gasteiger partial charge >= 0.3 is 0 Å². The molecule has 2 aromatic carbocycles. The van der Waals surface area contributed by atoms with Gasteiger partial charge in [0.25, 0.3) is 0 Å². The normalized spacial score (nSPS) is 21.1. The van der Waals surface area contributed by atoms with Crippen molar-refractivity contribution in [2.75, 3.05) is 18.1 Å². The van der Waals surface area contributed by atoms with Crippen LogP contribution in [0.1, 0.15) is 19.8 Å². The number of allylic oxidation sites excluding steroid dienone is 3. The fourth-order valence-corrected chi connectivity index (χ4v) is 6.92. The van der Waals surface area contributed by atoms with Gasteiger partial charge in [-0.1, -0.05) is 24.1 Å². The number of rotatable bonds is 6. The van der Waals surface area contributed by atoms with Crippen LogP contribution < -0.4 is 10.4 Å². The van der Waals surface area contributed by atoms with Crippen LogP contribution in [-0.4, -0.2) is 25.8 Å². The van der Waals surface area contributed by atoms with Crippen LogP contribution in [0.4, 0.5) is 14.5 Å². The van der Waals surface area contributed by atoms with Crippen LogP contribution in [-0.2, 0) is 10.0 Å². The monoisotopic (exact) mass is 528 g/mol. The van der Waals surface area contributed by atoms with Crippen LogP contribution in [0.2, 0.25) is 5.02 Å². The van der Waals surface area contributed by atoms with Gasteiger partial charge in [0, 0.05) is 24.2 Å². The molecule has 1 aliphatic heterocycles. The topological polar surface area (TPSA) is 76.4 Å². The number of nitrogens with one attached hydrogen (secondary N) is 1. The van der Waals surface area contributed by atoms with Gasteiger partial charge in [0.15, 0.2) is 0 Å².